The lowest BCUT2D eigenvalue weighted by Gasteiger charge is -2.18. The summed E-state index contributed by atoms with van der Waals surface area (Å²) in [4.78, 5) is 17.6. The molecule has 1 aromatic carbocycles. The smallest absolute Gasteiger partial charge is 0.252 e. The molecule has 0 bridgehead atoms. The topological polar surface area (TPSA) is 42.4 Å². The molecule has 0 aliphatic heterocycles. The second-order valence-electron chi connectivity index (χ2n) is 3.73. The largest absolute Gasteiger partial charge is 0.375 e. The minimum atomic E-state index is -0.0798. The van der Waals surface area contributed by atoms with E-state index in [2.05, 4.69) is 4.98 Å². The van der Waals surface area contributed by atoms with Crippen molar-refractivity contribution in [2.75, 3.05) is 25.7 Å². The van der Waals surface area contributed by atoms with Crippen molar-refractivity contribution >= 4 is 22.5 Å². The van der Waals surface area contributed by atoms with E-state index < -0.39 is 0 Å². The summed E-state index contributed by atoms with van der Waals surface area (Å²) in [5.41, 5.74) is 1.72. The van der Waals surface area contributed by atoms with Crippen LogP contribution in [0.1, 0.15) is 0 Å². The van der Waals surface area contributed by atoms with Gasteiger partial charge in [-0.3, -0.25) is 9.78 Å². The third kappa shape index (κ3) is 2.26. The maximum absolute atomic E-state index is 11.8. The molecule has 1 heterocycles. The van der Waals surface area contributed by atoms with Gasteiger partial charge in [-0.2, -0.15) is 0 Å². The summed E-state index contributed by atoms with van der Waals surface area (Å²) in [6, 6.07) is 9.53. The zero-order valence-electron chi connectivity index (χ0n) is 9.88. The standard InChI is InChI=1S/C13H14N2O2/c1-15(13(16)9-17-2)12-7-3-6-11-10(12)5-4-8-14-11/h3-8H,9H2,1-2H3. The van der Waals surface area contributed by atoms with E-state index in [4.69, 9.17) is 4.74 Å². The highest BCUT2D eigenvalue weighted by molar-refractivity contribution is 6.02. The number of methoxy groups -OCH3 is 1. The Morgan fingerprint density at radius 2 is 2.18 bits per heavy atom. The van der Waals surface area contributed by atoms with Gasteiger partial charge in [0.25, 0.3) is 5.91 Å². The van der Waals surface area contributed by atoms with Crippen LogP contribution in [0.5, 0.6) is 0 Å². The number of nitrogens with zero attached hydrogens (tertiary/aromatic N) is 2. The number of carbonyl (C=O) groups is 1. The Labute approximate surface area is 99.8 Å². The van der Waals surface area contributed by atoms with E-state index in [1.807, 2.05) is 30.3 Å². The Bertz CT molecular complexity index is 534. The molecule has 88 valence electrons. The van der Waals surface area contributed by atoms with Gasteiger partial charge in [-0.25, -0.2) is 0 Å². The highest BCUT2D eigenvalue weighted by atomic mass is 16.5. The van der Waals surface area contributed by atoms with Crippen molar-refractivity contribution in [3.8, 4) is 0 Å². The first kappa shape index (κ1) is 11.5. The molecule has 17 heavy (non-hydrogen) atoms. The molecule has 0 saturated carbocycles. The van der Waals surface area contributed by atoms with Gasteiger partial charge in [0.1, 0.15) is 6.61 Å². The number of anilines is 1. The molecule has 0 N–H and O–H groups in total. The van der Waals surface area contributed by atoms with Crippen LogP contribution in [-0.4, -0.2) is 31.7 Å². The quantitative estimate of drug-likeness (QED) is 0.808. The number of ether oxygens (including phenoxy) is 1. The third-order valence-corrected chi connectivity index (χ3v) is 2.63. The molecule has 4 heteroatoms. The minimum Gasteiger partial charge on any atom is -0.375 e. The molecule has 0 fully saturated rings. The lowest BCUT2D eigenvalue weighted by atomic mass is 10.1. The van der Waals surface area contributed by atoms with Gasteiger partial charge in [0.05, 0.1) is 11.2 Å². The molecular weight excluding hydrogens is 216 g/mol. The zero-order chi connectivity index (χ0) is 12.3. The van der Waals surface area contributed by atoms with Crippen molar-refractivity contribution in [3.05, 3.63) is 36.5 Å². The van der Waals surface area contributed by atoms with Gasteiger partial charge >= 0.3 is 0 Å². The predicted molar refractivity (Wildman–Crippen MR) is 67.0 cm³/mol. The third-order valence-electron chi connectivity index (χ3n) is 2.63. The summed E-state index contributed by atoms with van der Waals surface area (Å²) >= 11 is 0. The number of rotatable bonds is 3. The van der Waals surface area contributed by atoms with E-state index in [9.17, 15) is 4.79 Å². The van der Waals surface area contributed by atoms with Crippen LogP contribution in [-0.2, 0) is 9.53 Å². The molecule has 2 rings (SSSR count). The van der Waals surface area contributed by atoms with Crippen molar-refractivity contribution in [2.24, 2.45) is 0 Å². The molecule has 0 saturated heterocycles. The fourth-order valence-electron chi connectivity index (χ4n) is 1.73. The van der Waals surface area contributed by atoms with Crippen LogP contribution in [0.15, 0.2) is 36.5 Å². The monoisotopic (exact) mass is 230 g/mol. The second-order valence-corrected chi connectivity index (χ2v) is 3.73. The maximum Gasteiger partial charge on any atom is 0.252 e. The van der Waals surface area contributed by atoms with Gasteiger partial charge in [-0.05, 0) is 24.3 Å². The number of hydrogen-bond acceptors (Lipinski definition) is 3. The number of benzene rings is 1. The first-order chi connectivity index (χ1) is 8.24. The number of pyridine rings is 1. The SMILES string of the molecule is COCC(=O)N(C)c1cccc2ncccc12. The molecule has 0 aliphatic rings. The van der Waals surface area contributed by atoms with Gasteiger partial charge in [-0.1, -0.05) is 6.07 Å². The van der Waals surface area contributed by atoms with E-state index in [1.165, 1.54) is 7.11 Å². The second kappa shape index (κ2) is 4.93. The Morgan fingerprint density at radius 1 is 1.35 bits per heavy atom. The van der Waals surface area contributed by atoms with E-state index in [-0.39, 0.29) is 12.5 Å². The van der Waals surface area contributed by atoms with E-state index in [1.54, 1.807) is 18.1 Å². The van der Waals surface area contributed by atoms with Crippen LogP contribution in [0.2, 0.25) is 0 Å². The van der Waals surface area contributed by atoms with Crippen molar-refractivity contribution in [2.45, 2.75) is 0 Å². The normalized spacial score (nSPS) is 10.5. The zero-order valence-corrected chi connectivity index (χ0v) is 9.88. The Kier molecular flexibility index (Phi) is 3.35. The summed E-state index contributed by atoms with van der Waals surface area (Å²) in [6.07, 6.45) is 1.74. The molecule has 0 spiro atoms. The number of aromatic nitrogens is 1. The van der Waals surface area contributed by atoms with Gasteiger partial charge < -0.3 is 9.64 Å². The summed E-state index contributed by atoms with van der Waals surface area (Å²) in [5.74, 6) is -0.0798. The Hall–Kier alpha value is -1.94. The predicted octanol–water partition coefficient (Wildman–Crippen LogP) is 1.84. The van der Waals surface area contributed by atoms with Crippen molar-refractivity contribution in [3.63, 3.8) is 0 Å². The van der Waals surface area contributed by atoms with Crippen LogP contribution in [0.25, 0.3) is 10.9 Å². The molecule has 0 radical (unpaired) electrons. The van der Waals surface area contributed by atoms with Crippen molar-refractivity contribution in [1.29, 1.82) is 0 Å². The highest BCUT2D eigenvalue weighted by Crippen LogP contribution is 2.24. The average Bonchev–Trinajstić information content (AvgIpc) is 2.37. The van der Waals surface area contributed by atoms with E-state index >= 15 is 0 Å². The van der Waals surface area contributed by atoms with Gasteiger partial charge in [0.2, 0.25) is 0 Å². The fourth-order valence-corrected chi connectivity index (χ4v) is 1.73. The molecular formula is C13H14N2O2. The van der Waals surface area contributed by atoms with Gasteiger partial charge in [0, 0.05) is 25.7 Å². The van der Waals surface area contributed by atoms with Crippen LogP contribution in [0.4, 0.5) is 5.69 Å². The molecule has 0 unspecified atom stereocenters. The molecule has 0 atom stereocenters. The van der Waals surface area contributed by atoms with Crippen LogP contribution in [0.3, 0.4) is 0 Å². The number of fused-ring (bicyclic) bond motifs is 1. The number of amides is 1. The first-order valence-corrected chi connectivity index (χ1v) is 5.33. The first-order valence-electron chi connectivity index (χ1n) is 5.33. The van der Waals surface area contributed by atoms with Crippen molar-refractivity contribution in [1.82, 2.24) is 4.98 Å². The number of hydrogen-bond donors (Lipinski definition) is 0. The number of likely N-dealkylation sites (N-methyl/N-ethyl adjacent to an activating group) is 1. The molecule has 4 nitrogen and oxygen atoms in total. The van der Waals surface area contributed by atoms with Crippen LogP contribution >= 0.6 is 0 Å². The fraction of sp³-hybridized carbons (Fsp3) is 0.231. The van der Waals surface area contributed by atoms with Gasteiger partial charge in [-0.15, -0.1) is 0 Å². The van der Waals surface area contributed by atoms with Crippen LogP contribution in [0, 0.1) is 0 Å². The van der Waals surface area contributed by atoms with Gasteiger partial charge in [0.15, 0.2) is 0 Å². The number of carbonyl (C=O) groups excluding carboxylic acids is 1. The molecule has 0 aliphatic carbocycles. The Morgan fingerprint density at radius 3 is 2.94 bits per heavy atom. The van der Waals surface area contributed by atoms with Crippen LogP contribution < -0.4 is 4.90 Å². The highest BCUT2D eigenvalue weighted by Gasteiger charge is 2.12. The average molecular weight is 230 g/mol. The lowest BCUT2D eigenvalue weighted by Crippen LogP contribution is -2.29. The summed E-state index contributed by atoms with van der Waals surface area (Å²) in [7, 11) is 3.25. The summed E-state index contributed by atoms with van der Waals surface area (Å²) in [5, 5.41) is 0.960. The Balaban J connectivity index is 2.44. The van der Waals surface area contributed by atoms with Crippen molar-refractivity contribution < 1.29 is 9.53 Å². The summed E-state index contributed by atoms with van der Waals surface area (Å²) < 4.78 is 4.85. The lowest BCUT2D eigenvalue weighted by molar-refractivity contribution is -0.121. The molecule has 1 amide bonds. The van der Waals surface area contributed by atoms with E-state index in [0.717, 1.165) is 16.6 Å². The maximum atomic E-state index is 11.8. The molecule has 1 aromatic heterocycles. The summed E-state index contributed by atoms with van der Waals surface area (Å²) in [6.45, 7) is 0.0765. The minimum absolute atomic E-state index is 0.0765. The van der Waals surface area contributed by atoms with E-state index in [0.29, 0.717) is 0 Å². The molecule has 2 aromatic rings.